The van der Waals surface area contributed by atoms with Gasteiger partial charge in [0.1, 0.15) is 0 Å². The standard InChI is InChI=1S/C20H24N2O4/c23-17-11-12-18(24)21(17)15-9-7-5-3-1-2-4-6-8-10-16-22-19(25)13-14-20(22)26/h5,7-8,10-14H,1-4,6,9,15-16H2/b7-5+,10-8+. The highest BCUT2D eigenvalue weighted by Crippen LogP contribution is 2.08. The first-order chi connectivity index (χ1) is 12.6. The third-order valence-electron chi connectivity index (χ3n) is 4.18. The molecule has 0 fully saturated rings. The van der Waals surface area contributed by atoms with Gasteiger partial charge in [-0.05, 0) is 32.1 Å². The highest BCUT2D eigenvalue weighted by Gasteiger charge is 2.22. The monoisotopic (exact) mass is 356 g/mol. The average molecular weight is 356 g/mol. The number of amides is 4. The minimum absolute atomic E-state index is 0.230. The van der Waals surface area contributed by atoms with Crippen LogP contribution in [0.1, 0.15) is 38.5 Å². The number of carbonyl (C=O) groups excluding carboxylic acids is 4. The van der Waals surface area contributed by atoms with Gasteiger partial charge < -0.3 is 0 Å². The van der Waals surface area contributed by atoms with E-state index in [-0.39, 0.29) is 23.6 Å². The van der Waals surface area contributed by atoms with Crippen molar-refractivity contribution in [1.29, 1.82) is 0 Å². The van der Waals surface area contributed by atoms with E-state index in [2.05, 4.69) is 6.08 Å². The summed E-state index contributed by atoms with van der Waals surface area (Å²) in [6.07, 6.45) is 19.0. The number of imide groups is 2. The lowest BCUT2D eigenvalue weighted by atomic mass is 10.1. The molecule has 2 heterocycles. The summed E-state index contributed by atoms with van der Waals surface area (Å²) in [6, 6.07) is 0. The molecule has 26 heavy (non-hydrogen) atoms. The maximum absolute atomic E-state index is 11.4. The molecule has 0 aromatic rings. The van der Waals surface area contributed by atoms with Gasteiger partial charge in [-0.25, -0.2) is 0 Å². The summed E-state index contributed by atoms with van der Waals surface area (Å²) in [5.41, 5.74) is 0. The van der Waals surface area contributed by atoms with Gasteiger partial charge in [0.25, 0.3) is 23.6 Å². The molecule has 2 rings (SSSR count). The molecule has 138 valence electrons. The minimum atomic E-state index is -0.249. The van der Waals surface area contributed by atoms with Crippen molar-refractivity contribution in [2.75, 3.05) is 13.1 Å². The van der Waals surface area contributed by atoms with E-state index in [9.17, 15) is 19.2 Å². The highest BCUT2D eigenvalue weighted by atomic mass is 16.2. The third-order valence-corrected chi connectivity index (χ3v) is 4.18. The van der Waals surface area contributed by atoms with Crippen molar-refractivity contribution in [3.63, 3.8) is 0 Å². The Labute approximate surface area is 153 Å². The Morgan fingerprint density at radius 1 is 0.577 bits per heavy atom. The van der Waals surface area contributed by atoms with Crippen molar-refractivity contribution in [2.45, 2.75) is 38.5 Å². The Morgan fingerprint density at radius 3 is 1.62 bits per heavy atom. The van der Waals surface area contributed by atoms with Crippen molar-refractivity contribution in [1.82, 2.24) is 9.80 Å². The number of carbonyl (C=O) groups is 4. The molecule has 0 radical (unpaired) electrons. The molecule has 0 aromatic heterocycles. The first-order valence-electron chi connectivity index (χ1n) is 8.96. The van der Waals surface area contributed by atoms with Crippen LogP contribution in [-0.4, -0.2) is 46.5 Å². The number of hydrogen-bond acceptors (Lipinski definition) is 4. The van der Waals surface area contributed by atoms with E-state index in [4.69, 9.17) is 0 Å². The smallest absolute Gasteiger partial charge is 0.253 e. The lowest BCUT2D eigenvalue weighted by Crippen LogP contribution is -2.30. The quantitative estimate of drug-likeness (QED) is 0.323. The Bertz CT molecular complexity index is 637. The van der Waals surface area contributed by atoms with Gasteiger partial charge in [0.05, 0.1) is 0 Å². The van der Waals surface area contributed by atoms with Crippen molar-refractivity contribution in [3.05, 3.63) is 48.6 Å². The summed E-state index contributed by atoms with van der Waals surface area (Å²) in [5, 5.41) is 0. The molecule has 6 nitrogen and oxygen atoms in total. The molecule has 0 saturated carbocycles. The molecule has 0 bridgehead atoms. The van der Waals surface area contributed by atoms with Gasteiger partial charge in [-0.1, -0.05) is 30.7 Å². The van der Waals surface area contributed by atoms with E-state index in [0.717, 1.165) is 32.1 Å². The zero-order valence-corrected chi connectivity index (χ0v) is 14.8. The SMILES string of the molecule is O=C1C=CC(=O)N1C/C=C/CCCCC/C=C/CCN1C(=O)C=CC1=O. The van der Waals surface area contributed by atoms with Gasteiger partial charge in [-0.15, -0.1) is 0 Å². The number of allylic oxidation sites excluding steroid dienone is 2. The van der Waals surface area contributed by atoms with Crippen LogP contribution < -0.4 is 0 Å². The molecule has 0 spiro atoms. The largest absolute Gasteiger partial charge is 0.275 e. The number of nitrogens with zero attached hydrogens (tertiary/aromatic N) is 2. The van der Waals surface area contributed by atoms with E-state index in [1.54, 1.807) is 0 Å². The Kier molecular flexibility index (Phi) is 7.74. The average Bonchev–Trinajstić information content (AvgIpc) is 3.11. The first kappa shape index (κ1) is 19.6. The van der Waals surface area contributed by atoms with Gasteiger partial charge in [-0.2, -0.15) is 0 Å². The van der Waals surface area contributed by atoms with Gasteiger partial charge in [0.15, 0.2) is 0 Å². The summed E-state index contributed by atoms with van der Waals surface area (Å²) >= 11 is 0. The zero-order valence-electron chi connectivity index (χ0n) is 14.8. The summed E-state index contributed by atoms with van der Waals surface area (Å²) in [7, 11) is 0. The molecular weight excluding hydrogens is 332 g/mol. The van der Waals surface area contributed by atoms with Crippen molar-refractivity contribution in [3.8, 4) is 0 Å². The highest BCUT2D eigenvalue weighted by molar-refractivity contribution is 6.13. The molecule has 0 saturated heterocycles. The Balaban J connectivity index is 1.44. The number of unbranched alkanes of at least 4 members (excludes halogenated alkanes) is 4. The van der Waals surface area contributed by atoms with Crippen LogP contribution in [0.2, 0.25) is 0 Å². The van der Waals surface area contributed by atoms with Crippen LogP contribution in [0.5, 0.6) is 0 Å². The van der Waals surface area contributed by atoms with E-state index in [0.29, 0.717) is 19.5 Å². The lowest BCUT2D eigenvalue weighted by molar-refractivity contribution is -0.138. The summed E-state index contributed by atoms with van der Waals surface area (Å²) in [6.45, 7) is 0.772. The van der Waals surface area contributed by atoms with E-state index < -0.39 is 0 Å². The molecule has 0 unspecified atom stereocenters. The van der Waals surface area contributed by atoms with Crippen molar-refractivity contribution in [2.24, 2.45) is 0 Å². The zero-order chi connectivity index (χ0) is 18.8. The van der Waals surface area contributed by atoms with Crippen molar-refractivity contribution < 1.29 is 19.2 Å². The molecule has 0 aliphatic carbocycles. The van der Waals surface area contributed by atoms with Crippen LogP contribution in [-0.2, 0) is 19.2 Å². The molecule has 2 aliphatic rings. The summed E-state index contributed by atoms with van der Waals surface area (Å²) in [5.74, 6) is -0.959. The normalized spacial score (nSPS) is 17.2. The van der Waals surface area contributed by atoms with Crippen LogP contribution in [0.4, 0.5) is 0 Å². The molecule has 0 aromatic carbocycles. The van der Waals surface area contributed by atoms with E-state index >= 15 is 0 Å². The first-order valence-corrected chi connectivity index (χ1v) is 8.96. The fourth-order valence-corrected chi connectivity index (χ4v) is 2.70. The van der Waals surface area contributed by atoms with E-state index in [1.165, 1.54) is 34.1 Å². The van der Waals surface area contributed by atoms with Crippen LogP contribution >= 0.6 is 0 Å². The Hall–Kier alpha value is -2.76. The van der Waals surface area contributed by atoms with Gasteiger partial charge >= 0.3 is 0 Å². The third kappa shape index (κ3) is 5.95. The molecule has 0 N–H and O–H groups in total. The number of hydrogen-bond donors (Lipinski definition) is 0. The molecule has 0 atom stereocenters. The van der Waals surface area contributed by atoms with Crippen LogP contribution in [0.3, 0.4) is 0 Å². The maximum Gasteiger partial charge on any atom is 0.253 e. The predicted molar refractivity (Wildman–Crippen MR) is 97.7 cm³/mol. The molecule has 4 amide bonds. The Morgan fingerprint density at radius 2 is 1.04 bits per heavy atom. The van der Waals surface area contributed by atoms with Gasteiger partial charge in [0.2, 0.25) is 0 Å². The fraction of sp³-hybridized carbons (Fsp3) is 0.400. The van der Waals surface area contributed by atoms with Crippen LogP contribution in [0.15, 0.2) is 48.6 Å². The molecular formula is C20H24N2O4. The summed E-state index contributed by atoms with van der Waals surface area (Å²) < 4.78 is 0. The second-order valence-corrected chi connectivity index (χ2v) is 6.15. The van der Waals surface area contributed by atoms with E-state index in [1.807, 2.05) is 18.2 Å². The van der Waals surface area contributed by atoms with Gasteiger partial charge in [0, 0.05) is 37.4 Å². The predicted octanol–water partition coefficient (Wildman–Crippen LogP) is 2.29. The van der Waals surface area contributed by atoms with Gasteiger partial charge in [-0.3, -0.25) is 29.0 Å². The topological polar surface area (TPSA) is 74.8 Å². The maximum atomic E-state index is 11.4. The fourth-order valence-electron chi connectivity index (χ4n) is 2.70. The lowest BCUT2D eigenvalue weighted by Gasteiger charge is -2.11. The minimum Gasteiger partial charge on any atom is -0.275 e. The van der Waals surface area contributed by atoms with Crippen LogP contribution in [0.25, 0.3) is 0 Å². The summed E-state index contributed by atoms with van der Waals surface area (Å²) in [4.78, 5) is 47.9. The van der Waals surface area contributed by atoms with Crippen molar-refractivity contribution >= 4 is 23.6 Å². The molecule has 2 aliphatic heterocycles. The molecule has 6 heteroatoms. The second-order valence-electron chi connectivity index (χ2n) is 6.15. The second kappa shape index (κ2) is 10.3. The van der Waals surface area contributed by atoms with Crippen LogP contribution in [0, 0.1) is 0 Å². The number of rotatable bonds is 11.